The molecule has 0 atom stereocenters. The SMILES string of the molecule is O=C(O)c1cc(OCCn2c(C3CC3)nc3ccc(C(c4ccc(Cl)cc4)c4ccc(Cl)cc4)cc32)cc(C(F)(F)F)c1. The standard InChI is InChI=1S/C33H25Cl2F3N2O3/c34-25-8-3-19(4-9-25)30(20-5-10-26(35)11-6-20)22-7-12-28-29(17-22)40(31(39-28)21-1-2-21)13-14-43-27-16-23(32(41)42)15-24(18-27)33(36,37)38/h3-12,15-18,21,30H,1-2,13-14H2,(H,41,42). The number of nitrogens with zero attached hydrogens (tertiary/aromatic N) is 2. The van der Waals surface area contributed by atoms with Gasteiger partial charge in [0, 0.05) is 21.9 Å². The van der Waals surface area contributed by atoms with Gasteiger partial charge in [0.15, 0.2) is 0 Å². The molecule has 0 aliphatic heterocycles. The van der Waals surface area contributed by atoms with Crippen LogP contribution in [-0.4, -0.2) is 27.2 Å². The molecule has 0 amide bonds. The van der Waals surface area contributed by atoms with Crippen molar-refractivity contribution in [3.05, 3.63) is 129 Å². The molecule has 1 aliphatic rings. The van der Waals surface area contributed by atoms with Crippen molar-refractivity contribution in [1.82, 2.24) is 9.55 Å². The number of fused-ring (bicyclic) bond motifs is 1. The lowest BCUT2D eigenvalue weighted by Crippen LogP contribution is -2.13. The Morgan fingerprint density at radius 1 is 0.907 bits per heavy atom. The Balaban J connectivity index is 1.35. The van der Waals surface area contributed by atoms with Gasteiger partial charge in [-0.3, -0.25) is 0 Å². The molecule has 1 aliphatic carbocycles. The van der Waals surface area contributed by atoms with Crippen LogP contribution in [-0.2, 0) is 12.7 Å². The molecule has 0 saturated heterocycles. The molecule has 4 aromatic carbocycles. The van der Waals surface area contributed by atoms with E-state index in [-0.39, 0.29) is 18.3 Å². The van der Waals surface area contributed by atoms with Crippen LogP contribution in [0.4, 0.5) is 13.2 Å². The summed E-state index contributed by atoms with van der Waals surface area (Å²) in [6.45, 7) is 0.338. The molecule has 5 nitrogen and oxygen atoms in total. The first-order valence-corrected chi connectivity index (χ1v) is 14.4. The fourth-order valence-electron chi connectivity index (χ4n) is 5.34. The molecule has 0 unspecified atom stereocenters. The summed E-state index contributed by atoms with van der Waals surface area (Å²) in [5.41, 5.74) is 3.23. The van der Waals surface area contributed by atoms with Gasteiger partial charge in [-0.15, -0.1) is 0 Å². The molecular weight excluding hydrogens is 600 g/mol. The van der Waals surface area contributed by atoms with Crippen molar-refractivity contribution >= 4 is 40.2 Å². The largest absolute Gasteiger partial charge is 0.492 e. The van der Waals surface area contributed by atoms with Crippen LogP contribution >= 0.6 is 23.2 Å². The first-order chi connectivity index (χ1) is 20.6. The Kier molecular flexibility index (Phi) is 7.83. The lowest BCUT2D eigenvalue weighted by atomic mass is 9.85. The van der Waals surface area contributed by atoms with Crippen molar-refractivity contribution < 1.29 is 27.8 Å². The monoisotopic (exact) mass is 624 g/mol. The summed E-state index contributed by atoms with van der Waals surface area (Å²) in [4.78, 5) is 16.3. The lowest BCUT2D eigenvalue weighted by Gasteiger charge is -2.20. The number of benzene rings is 4. The van der Waals surface area contributed by atoms with Gasteiger partial charge in [-0.05, 0) is 84.1 Å². The Morgan fingerprint density at radius 3 is 2.07 bits per heavy atom. The Morgan fingerprint density at radius 2 is 1.51 bits per heavy atom. The first-order valence-electron chi connectivity index (χ1n) is 13.7. The number of alkyl halides is 3. The minimum Gasteiger partial charge on any atom is -0.492 e. The molecule has 10 heteroatoms. The fraction of sp³-hybridized carbons (Fsp3) is 0.212. The number of ether oxygens (including phenoxy) is 1. The van der Waals surface area contributed by atoms with Crippen molar-refractivity contribution in [1.29, 1.82) is 0 Å². The summed E-state index contributed by atoms with van der Waals surface area (Å²) in [7, 11) is 0. The molecule has 1 fully saturated rings. The van der Waals surface area contributed by atoms with Gasteiger partial charge < -0.3 is 14.4 Å². The zero-order valence-corrected chi connectivity index (χ0v) is 24.1. The normalized spacial score (nSPS) is 13.5. The highest BCUT2D eigenvalue weighted by Gasteiger charge is 2.33. The average molecular weight is 625 g/mol. The smallest absolute Gasteiger partial charge is 0.416 e. The number of carboxylic acid groups (broad SMARTS) is 1. The van der Waals surface area contributed by atoms with E-state index in [0.29, 0.717) is 28.6 Å². The highest BCUT2D eigenvalue weighted by molar-refractivity contribution is 6.30. The Bertz CT molecular complexity index is 1750. The summed E-state index contributed by atoms with van der Waals surface area (Å²) < 4.78 is 48.0. The third-order valence-electron chi connectivity index (χ3n) is 7.55. The fourth-order valence-corrected chi connectivity index (χ4v) is 5.59. The number of imidazole rings is 1. The second-order valence-corrected chi connectivity index (χ2v) is 11.5. The van der Waals surface area contributed by atoms with Gasteiger partial charge in [0.2, 0.25) is 0 Å². The lowest BCUT2D eigenvalue weighted by molar-refractivity contribution is -0.137. The number of rotatable bonds is 9. The van der Waals surface area contributed by atoms with E-state index in [1.807, 2.05) is 54.6 Å². The van der Waals surface area contributed by atoms with Crippen LogP contribution in [0.15, 0.2) is 84.9 Å². The Hall–Kier alpha value is -4.01. The summed E-state index contributed by atoms with van der Waals surface area (Å²) >= 11 is 12.4. The Labute approximate surface area is 255 Å². The molecule has 1 N–H and O–H groups in total. The van der Waals surface area contributed by atoms with Crippen LogP contribution in [0.1, 0.15) is 63.1 Å². The molecule has 5 aromatic rings. The molecule has 1 heterocycles. The topological polar surface area (TPSA) is 64.3 Å². The number of aromatic nitrogens is 2. The van der Waals surface area contributed by atoms with Gasteiger partial charge in [-0.2, -0.15) is 13.2 Å². The summed E-state index contributed by atoms with van der Waals surface area (Å²) in [5, 5.41) is 10.6. The van der Waals surface area contributed by atoms with Crippen LogP contribution in [0.25, 0.3) is 11.0 Å². The molecule has 0 bridgehead atoms. The number of carbonyl (C=O) groups is 1. The molecule has 1 aromatic heterocycles. The van der Waals surface area contributed by atoms with E-state index in [0.717, 1.165) is 58.5 Å². The van der Waals surface area contributed by atoms with Crippen molar-refractivity contribution in [3.8, 4) is 5.75 Å². The van der Waals surface area contributed by atoms with Crippen LogP contribution in [0.5, 0.6) is 5.75 Å². The quantitative estimate of drug-likeness (QED) is 0.166. The van der Waals surface area contributed by atoms with Crippen molar-refractivity contribution in [2.75, 3.05) is 6.61 Å². The highest BCUT2D eigenvalue weighted by atomic mass is 35.5. The number of aromatic carboxylic acids is 1. The van der Waals surface area contributed by atoms with E-state index < -0.39 is 23.3 Å². The zero-order valence-electron chi connectivity index (χ0n) is 22.6. The van der Waals surface area contributed by atoms with Crippen molar-refractivity contribution in [2.45, 2.75) is 37.4 Å². The number of hydrogen-bond donors (Lipinski definition) is 1. The third kappa shape index (κ3) is 6.36. The van der Waals surface area contributed by atoms with Gasteiger partial charge in [0.05, 0.1) is 28.7 Å². The second kappa shape index (κ2) is 11.6. The molecule has 6 rings (SSSR count). The maximum Gasteiger partial charge on any atom is 0.416 e. The summed E-state index contributed by atoms with van der Waals surface area (Å²) in [5.74, 6) is -0.541. The minimum absolute atomic E-state index is 0.0214. The van der Waals surface area contributed by atoms with Crippen molar-refractivity contribution in [2.24, 2.45) is 0 Å². The van der Waals surface area contributed by atoms with E-state index in [9.17, 15) is 23.1 Å². The van der Waals surface area contributed by atoms with Gasteiger partial charge >= 0.3 is 12.1 Å². The molecule has 0 radical (unpaired) electrons. The van der Waals surface area contributed by atoms with E-state index in [2.05, 4.69) is 16.7 Å². The molecule has 43 heavy (non-hydrogen) atoms. The summed E-state index contributed by atoms with van der Waals surface area (Å²) in [6.07, 6.45) is -2.69. The molecule has 0 spiro atoms. The van der Waals surface area contributed by atoms with Gasteiger partial charge in [-0.1, -0.05) is 53.5 Å². The minimum atomic E-state index is -4.70. The third-order valence-corrected chi connectivity index (χ3v) is 8.05. The first kappa shape index (κ1) is 29.1. The van der Waals surface area contributed by atoms with E-state index >= 15 is 0 Å². The van der Waals surface area contributed by atoms with Gasteiger partial charge in [-0.25, -0.2) is 9.78 Å². The van der Waals surface area contributed by atoms with Gasteiger partial charge in [0.1, 0.15) is 18.2 Å². The van der Waals surface area contributed by atoms with Crippen LogP contribution in [0, 0.1) is 0 Å². The van der Waals surface area contributed by atoms with Crippen LogP contribution < -0.4 is 4.74 Å². The molecule has 1 saturated carbocycles. The maximum absolute atomic E-state index is 13.4. The van der Waals surface area contributed by atoms with Crippen LogP contribution in [0.2, 0.25) is 10.0 Å². The zero-order chi connectivity index (χ0) is 30.3. The predicted molar refractivity (Wildman–Crippen MR) is 159 cm³/mol. The van der Waals surface area contributed by atoms with E-state index in [4.69, 9.17) is 32.9 Å². The maximum atomic E-state index is 13.4. The van der Waals surface area contributed by atoms with E-state index in [1.165, 1.54) is 0 Å². The van der Waals surface area contributed by atoms with Crippen molar-refractivity contribution in [3.63, 3.8) is 0 Å². The molecule has 220 valence electrons. The van der Waals surface area contributed by atoms with Gasteiger partial charge in [0.25, 0.3) is 0 Å². The van der Waals surface area contributed by atoms with Crippen LogP contribution in [0.3, 0.4) is 0 Å². The average Bonchev–Trinajstić information content (AvgIpc) is 3.76. The number of hydrogen-bond acceptors (Lipinski definition) is 3. The van der Waals surface area contributed by atoms with E-state index in [1.54, 1.807) is 0 Å². The predicted octanol–water partition coefficient (Wildman–Crippen LogP) is 9.20. The second-order valence-electron chi connectivity index (χ2n) is 10.6. The highest BCUT2D eigenvalue weighted by Crippen LogP contribution is 2.42. The number of halogens is 5. The molecular formula is C33H25Cl2F3N2O3. The summed E-state index contributed by atoms with van der Waals surface area (Å²) in [6, 6.07) is 24.0. The number of carboxylic acids is 1.